The Morgan fingerprint density at radius 3 is 0.905 bits per heavy atom. The molecule has 2 heterocycles. The monoisotopic (exact) mass is 1060 g/mol. The lowest BCUT2D eigenvalue weighted by molar-refractivity contribution is 1.18. The third-order valence-corrected chi connectivity index (χ3v) is 17.8. The maximum atomic E-state index is 10.4. The second kappa shape index (κ2) is 18.5. The topological polar surface area (TPSA) is 57.4 Å². The van der Waals surface area contributed by atoms with Crippen LogP contribution in [0.15, 0.2) is 279 Å². The fourth-order valence-corrected chi connectivity index (χ4v) is 14.0. The number of nitriles is 2. The Bertz CT molecular complexity index is 5220. The molecule has 17 rings (SSSR count). The van der Waals surface area contributed by atoms with E-state index in [-0.39, 0.29) is 0 Å². The van der Waals surface area contributed by atoms with E-state index in [1.807, 2.05) is 12.1 Å². The van der Waals surface area contributed by atoms with Gasteiger partial charge in [0.1, 0.15) is 0 Å². The molecule has 0 amide bonds. The predicted octanol–water partition coefficient (Wildman–Crippen LogP) is 21.1. The van der Waals surface area contributed by atoms with Crippen molar-refractivity contribution in [2.45, 2.75) is 0 Å². The molecule has 15 aromatic carbocycles. The second-order valence-corrected chi connectivity index (χ2v) is 22.1. The molecule has 2 aromatic heterocycles. The number of rotatable bonds is 8. The zero-order valence-corrected chi connectivity index (χ0v) is 45.3. The third-order valence-electron chi connectivity index (χ3n) is 17.8. The molecule has 0 N–H and O–H groups in total. The van der Waals surface area contributed by atoms with Crippen LogP contribution in [0.1, 0.15) is 11.1 Å². The van der Waals surface area contributed by atoms with Crippen LogP contribution in [0.2, 0.25) is 0 Å². The lowest BCUT2D eigenvalue weighted by atomic mass is 9.82. The molecular weight excluding hydrogens is 1020 g/mol. The van der Waals surface area contributed by atoms with Gasteiger partial charge in [0.05, 0.1) is 45.3 Å². The van der Waals surface area contributed by atoms with Gasteiger partial charge in [-0.3, -0.25) is 0 Å². The molecule has 0 aliphatic rings. The van der Waals surface area contributed by atoms with Crippen LogP contribution < -0.4 is 0 Å². The highest BCUT2D eigenvalue weighted by Crippen LogP contribution is 2.50. The van der Waals surface area contributed by atoms with Crippen LogP contribution in [0.25, 0.3) is 165 Å². The van der Waals surface area contributed by atoms with Gasteiger partial charge in [-0.05, 0) is 172 Å². The Hall–Kier alpha value is -11.6. The number of fused-ring (bicyclic) bond motifs is 2. The summed E-state index contributed by atoms with van der Waals surface area (Å²) in [6, 6.07) is 106. The number of benzene rings is 15. The first-order chi connectivity index (χ1) is 41.6. The van der Waals surface area contributed by atoms with Crippen LogP contribution in [-0.4, -0.2) is 9.13 Å². The van der Waals surface area contributed by atoms with E-state index < -0.39 is 0 Å². The first-order valence-electron chi connectivity index (χ1n) is 28.5. The van der Waals surface area contributed by atoms with E-state index in [9.17, 15) is 10.5 Å². The minimum absolute atomic E-state index is 0.672. The summed E-state index contributed by atoms with van der Waals surface area (Å²) in [6.45, 7) is 0. The molecule has 0 spiro atoms. The molecule has 84 heavy (non-hydrogen) atoms. The molecule has 0 saturated carbocycles. The van der Waals surface area contributed by atoms with Gasteiger partial charge in [-0.15, -0.1) is 0 Å². The van der Waals surface area contributed by atoms with E-state index in [0.717, 1.165) is 143 Å². The molecule has 17 aromatic rings. The Kier molecular flexibility index (Phi) is 10.4. The summed E-state index contributed by atoms with van der Waals surface area (Å²) in [5.74, 6) is 0. The van der Waals surface area contributed by atoms with E-state index in [1.54, 1.807) is 0 Å². The first kappa shape index (κ1) is 47.3. The number of aromatic nitrogens is 2. The molecule has 0 saturated heterocycles. The summed E-state index contributed by atoms with van der Waals surface area (Å²) >= 11 is 0. The van der Waals surface area contributed by atoms with Gasteiger partial charge in [-0.2, -0.15) is 10.5 Å². The van der Waals surface area contributed by atoms with E-state index in [4.69, 9.17) is 0 Å². The first-order valence-corrected chi connectivity index (χ1v) is 28.5. The van der Waals surface area contributed by atoms with Crippen LogP contribution >= 0.6 is 0 Å². The van der Waals surface area contributed by atoms with Crippen molar-refractivity contribution in [3.8, 4) is 90.3 Å². The molecule has 0 aliphatic carbocycles. The molecule has 386 valence electrons. The molecule has 4 heteroatoms. The predicted molar refractivity (Wildman–Crippen MR) is 350 cm³/mol. The Balaban J connectivity index is 0.946. The third kappa shape index (κ3) is 6.99. The van der Waals surface area contributed by atoms with Crippen molar-refractivity contribution in [3.05, 3.63) is 290 Å². The van der Waals surface area contributed by atoms with Gasteiger partial charge >= 0.3 is 0 Å². The number of hydrogen-bond acceptors (Lipinski definition) is 2. The fraction of sp³-hybridized carbons (Fsp3) is 0. The second-order valence-electron chi connectivity index (χ2n) is 22.1. The fourth-order valence-electron chi connectivity index (χ4n) is 14.0. The quantitative estimate of drug-likeness (QED) is 0.112. The minimum Gasteiger partial charge on any atom is -0.309 e. The van der Waals surface area contributed by atoms with Crippen molar-refractivity contribution in [1.82, 2.24) is 9.13 Å². The normalized spacial score (nSPS) is 11.8. The van der Waals surface area contributed by atoms with Gasteiger partial charge in [-0.25, -0.2) is 0 Å². The van der Waals surface area contributed by atoms with Crippen LogP contribution in [0.4, 0.5) is 0 Å². The maximum Gasteiger partial charge on any atom is 0.0998 e. The molecule has 0 bridgehead atoms. The molecule has 4 nitrogen and oxygen atoms in total. The van der Waals surface area contributed by atoms with Crippen LogP contribution in [0, 0.1) is 22.7 Å². The van der Waals surface area contributed by atoms with Crippen molar-refractivity contribution in [2.75, 3.05) is 0 Å². The van der Waals surface area contributed by atoms with Crippen LogP contribution in [0.3, 0.4) is 0 Å². The lowest BCUT2D eigenvalue weighted by Gasteiger charge is -2.21. The lowest BCUT2D eigenvalue weighted by Crippen LogP contribution is -1.94. The minimum atomic E-state index is 0.672. The molecule has 0 unspecified atom stereocenters. The molecule has 0 fully saturated rings. The van der Waals surface area contributed by atoms with E-state index in [2.05, 4.69) is 288 Å². The highest BCUT2D eigenvalue weighted by atomic mass is 15.0. The summed E-state index contributed by atoms with van der Waals surface area (Å²) in [6.07, 6.45) is 0. The van der Waals surface area contributed by atoms with Crippen molar-refractivity contribution >= 4 is 86.7 Å². The van der Waals surface area contributed by atoms with Gasteiger partial charge in [0.2, 0.25) is 0 Å². The standard InChI is InChI=1S/C80H46N4/c81-47-57-31-41-71-77-63(57)35-37-65-61(39-43-73(79(65)77)83(71)59-17-9-3-10-18-59)55-30-34-68-69(45-55)75(53-25-21-51(22-26-53)49-13-5-1-6-14-49)67-33-29-56(46-70(67)76(68)54-27-23-52(24-28-54)50-15-7-2-8-16-50)62-40-44-74-80-66(62)38-36-64-58(48-82)32-42-72(78(64)80)84(74)60-19-11-4-12-20-60/h1-46H. The van der Waals surface area contributed by atoms with Gasteiger partial charge in [0.15, 0.2) is 0 Å². The van der Waals surface area contributed by atoms with Gasteiger partial charge < -0.3 is 9.13 Å². The van der Waals surface area contributed by atoms with E-state index >= 15 is 0 Å². The summed E-state index contributed by atoms with van der Waals surface area (Å²) in [7, 11) is 0. The Labute approximate surface area is 484 Å². The van der Waals surface area contributed by atoms with Gasteiger partial charge in [0, 0.05) is 43.7 Å². The number of para-hydroxylation sites is 2. The SMILES string of the molecule is N#Cc1ccc2c3c1ccc1c(-c4ccc5c(-c6ccc(-c7ccccc7)cc6)c6cc(-c7ccc8c9c7ccc7c(C#N)ccc(c79)n8-c7ccccc7)ccc6c(-c6ccc(-c7ccccc7)cc6)c5c4)ccc(c13)n2-c1ccccc1. The summed E-state index contributed by atoms with van der Waals surface area (Å²) in [5, 5.41) is 34.2. The van der Waals surface area contributed by atoms with Gasteiger partial charge in [-0.1, -0.05) is 206 Å². The van der Waals surface area contributed by atoms with E-state index in [0.29, 0.717) is 11.1 Å². The summed E-state index contributed by atoms with van der Waals surface area (Å²) in [4.78, 5) is 0. The summed E-state index contributed by atoms with van der Waals surface area (Å²) in [5.41, 5.74) is 21.6. The van der Waals surface area contributed by atoms with Crippen molar-refractivity contribution in [1.29, 1.82) is 10.5 Å². The molecule has 0 aliphatic heterocycles. The van der Waals surface area contributed by atoms with E-state index in [1.165, 1.54) is 22.3 Å². The molecule has 0 radical (unpaired) electrons. The highest BCUT2D eigenvalue weighted by molar-refractivity contribution is 6.30. The molecule has 0 atom stereocenters. The average Bonchev–Trinajstić information content (AvgIpc) is 2.24. The largest absolute Gasteiger partial charge is 0.309 e. The van der Waals surface area contributed by atoms with Crippen LogP contribution in [-0.2, 0) is 0 Å². The Morgan fingerprint density at radius 1 is 0.226 bits per heavy atom. The number of hydrogen-bond donors (Lipinski definition) is 0. The maximum absolute atomic E-state index is 10.4. The van der Waals surface area contributed by atoms with Gasteiger partial charge in [0.25, 0.3) is 0 Å². The average molecular weight is 1060 g/mol. The zero-order chi connectivity index (χ0) is 55.6. The Morgan fingerprint density at radius 2 is 0.524 bits per heavy atom. The van der Waals surface area contributed by atoms with Crippen molar-refractivity contribution in [3.63, 3.8) is 0 Å². The van der Waals surface area contributed by atoms with Crippen LogP contribution in [0.5, 0.6) is 0 Å². The zero-order valence-electron chi connectivity index (χ0n) is 45.3. The molecular formula is C80H46N4. The van der Waals surface area contributed by atoms with Crippen molar-refractivity contribution < 1.29 is 0 Å². The van der Waals surface area contributed by atoms with Crippen molar-refractivity contribution in [2.24, 2.45) is 0 Å². The summed E-state index contributed by atoms with van der Waals surface area (Å²) < 4.78 is 4.69. The highest BCUT2D eigenvalue weighted by Gasteiger charge is 2.25. The number of nitrogens with zero attached hydrogens (tertiary/aromatic N) is 4. The smallest absolute Gasteiger partial charge is 0.0998 e.